The molecule has 1 saturated carbocycles. The molecule has 3 aliphatic rings. The number of carbonyl (C=O) groups is 2. The van der Waals surface area contributed by atoms with E-state index in [1.165, 1.54) is 0 Å². The first-order chi connectivity index (χ1) is 14.6. The quantitative estimate of drug-likeness (QED) is 0.731. The highest BCUT2D eigenvalue weighted by Gasteiger charge is 2.55. The monoisotopic (exact) mass is 426 g/mol. The van der Waals surface area contributed by atoms with Gasteiger partial charge in [-0.15, -0.1) is 0 Å². The first kappa shape index (κ1) is 21.7. The number of fused-ring (bicyclic) bond motifs is 1. The second kappa shape index (κ2) is 7.53. The first-order valence-electron chi connectivity index (χ1n) is 11.4. The second-order valence-corrected chi connectivity index (χ2v) is 9.82. The van der Waals surface area contributed by atoms with Gasteiger partial charge in [-0.2, -0.15) is 0 Å². The van der Waals surface area contributed by atoms with Crippen LogP contribution in [0.5, 0.6) is 5.75 Å². The van der Waals surface area contributed by atoms with Crippen LogP contribution in [0.3, 0.4) is 0 Å². The molecule has 0 saturated heterocycles. The van der Waals surface area contributed by atoms with Gasteiger partial charge in [0.2, 0.25) is 11.8 Å². The number of hydrogen-bond donors (Lipinski definition) is 2. The van der Waals surface area contributed by atoms with Gasteiger partial charge in [-0.05, 0) is 44.6 Å². The van der Waals surface area contributed by atoms with Crippen LogP contribution < -0.4 is 15.8 Å². The molecule has 0 radical (unpaired) electrons. The summed E-state index contributed by atoms with van der Waals surface area (Å²) in [6.45, 7) is 10.6. The zero-order valence-electron chi connectivity index (χ0n) is 19.1. The summed E-state index contributed by atoms with van der Waals surface area (Å²) in [6, 6.07) is 7.62. The van der Waals surface area contributed by atoms with Crippen LogP contribution in [-0.4, -0.2) is 40.4 Å². The van der Waals surface area contributed by atoms with E-state index in [9.17, 15) is 9.59 Å². The molecular formula is C24H34N4O3. The Hall–Kier alpha value is -2.57. The van der Waals surface area contributed by atoms with E-state index in [0.717, 1.165) is 24.2 Å². The Bertz CT molecular complexity index is 921. The van der Waals surface area contributed by atoms with Gasteiger partial charge in [0, 0.05) is 18.0 Å². The number of amides is 2. The lowest BCUT2D eigenvalue weighted by atomic mass is 9.88. The van der Waals surface area contributed by atoms with Crippen molar-refractivity contribution in [3.8, 4) is 5.75 Å². The molecule has 1 fully saturated rings. The molecule has 2 heterocycles. The number of nitrogens with one attached hydrogen (secondary N) is 1. The molecule has 1 aliphatic carbocycles. The maximum absolute atomic E-state index is 13.1. The molecule has 3 N–H and O–H groups in total. The van der Waals surface area contributed by atoms with Crippen LogP contribution in [0.1, 0.15) is 65.5 Å². The van der Waals surface area contributed by atoms with Gasteiger partial charge >= 0.3 is 0 Å². The lowest BCUT2D eigenvalue weighted by Crippen LogP contribution is -2.52. The smallest absolute Gasteiger partial charge is 0.231 e. The fourth-order valence-electron chi connectivity index (χ4n) is 5.19. The van der Waals surface area contributed by atoms with Crippen molar-refractivity contribution in [2.75, 3.05) is 6.54 Å². The number of benzene rings is 1. The number of carbonyl (C=O) groups excluding carboxylic acids is 2. The van der Waals surface area contributed by atoms with Crippen LogP contribution >= 0.6 is 0 Å². The fourth-order valence-corrected chi connectivity index (χ4v) is 5.19. The highest BCUT2D eigenvalue weighted by Crippen LogP contribution is 2.49. The van der Waals surface area contributed by atoms with Gasteiger partial charge in [-0.1, -0.05) is 39.0 Å². The Morgan fingerprint density at radius 2 is 1.97 bits per heavy atom. The van der Waals surface area contributed by atoms with Gasteiger partial charge in [0.05, 0.1) is 18.0 Å². The van der Waals surface area contributed by atoms with E-state index in [-0.39, 0.29) is 47.1 Å². The van der Waals surface area contributed by atoms with Crippen LogP contribution in [0, 0.1) is 17.8 Å². The predicted molar refractivity (Wildman–Crippen MR) is 119 cm³/mol. The maximum Gasteiger partial charge on any atom is 0.231 e. The number of aliphatic imine (C=N–C) groups is 1. The lowest BCUT2D eigenvalue weighted by Gasteiger charge is -2.36. The van der Waals surface area contributed by atoms with E-state index < -0.39 is 5.60 Å². The molecule has 2 aliphatic heterocycles. The number of rotatable bonds is 6. The molecule has 4 rings (SSSR count). The van der Waals surface area contributed by atoms with Gasteiger partial charge in [0.25, 0.3) is 0 Å². The fraction of sp³-hybridized carbons (Fsp3) is 0.625. The number of para-hydroxylation sites is 1. The van der Waals surface area contributed by atoms with E-state index >= 15 is 0 Å². The molecule has 2 amide bonds. The molecule has 0 aromatic heterocycles. The number of hydrogen-bond acceptors (Lipinski definition) is 5. The molecule has 4 unspecified atom stereocenters. The van der Waals surface area contributed by atoms with Crippen LogP contribution in [0.25, 0.3) is 0 Å². The highest BCUT2D eigenvalue weighted by atomic mass is 16.5. The summed E-state index contributed by atoms with van der Waals surface area (Å²) in [7, 11) is 0. The van der Waals surface area contributed by atoms with Crippen LogP contribution in [0.15, 0.2) is 29.3 Å². The highest BCUT2D eigenvalue weighted by molar-refractivity contribution is 5.99. The van der Waals surface area contributed by atoms with Crippen molar-refractivity contribution in [3.05, 3.63) is 29.8 Å². The summed E-state index contributed by atoms with van der Waals surface area (Å²) in [4.78, 5) is 32.2. The van der Waals surface area contributed by atoms with Crippen molar-refractivity contribution in [1.82, 2.24) is 10.2 Å². The lowest BCUT2D eigenvalue weighted by molar-refractivity contribution is -0.130. The minimum Gasteiger partial charge on any atom is -0.485 e. The average Bonchev–Trinajstić information content (AvgIpc) is 3.29. The Morgan fingerprint density at radius 3 is 2.61 bits per heavy atom. The Kier molecular flexibility index (Phi) is 5.26. The predicted octanol–water partition coefficient (Wildman–Crippen LogP) is 3.00. The van der Waals surface area contributed by atoms with Crippen LogP contribution in [-0.2, 0) is 9.59 Å². The largest absolute Gasteiger partial charge is 0.485 e. The van der Waals surface area contributed by atoms with Crippen molar-refractivity contribution in [2.45, 2.75) is 71.1 Å². The molecule has 31 heavy (non-hydrogen) atoms. The molecule has 1 aromatic carbocycles. The van der Waals surface area contributed by atoms with E-state index in [1.807, 2.05) is 52.0 Å². The van der Waals surface area contributed by atoms with E-state index in [0.29, 0.717) is 13.0 Å². The van der Waals surface area contributed by atoms with E-state index in [4.69, 9.17) is 10.5 Å². The van der Waals surface area contributed by atoms with E-state index in [1.54, 1.807) is 4.90 Å². The van der Waals surface area contributed by atoms with Gasteiger partial charge in [-0.25, -0.2) is 4.99 Å². The molecule has 0 bridgehead atoms. The summed E-state index contributed by atoms with van der Waals surface area (Å²) < 4.78 is 6.05. The Balaban J connectivity index is 1.44. The SMILES string of the molecule is CCC1(CC)CC(=O)N(CC2C(C)C2C(=O)NC2c3ccccc3OC2(C)C)C(N)=N1. The maximum atomic E-state index is 13.1. The van der Waals surface area contributed by atoms with Crippen LogP contribution in [0.4, 0.5) is 0 Å². The van der Waals surface area contributed by atoms with Crippen LogP contribution in [0.2, 0.25) is 0 Å². The Morgan fingerprint density at radius 1 is 1.29 bits per heavy atom. The van der Waals surface area contributed by atoms with Gasteiger partial charge in [0.1, 0.15) is 11.4 Å². The summed E-state index contributed by atoms with van der Waals surface area (Å²) in [5.74, 6) is 1.24. The van der Waals surface area contributed by atoms with Crippen molar-refractivity contribution >= 4 is 17.8 Å². The number of guanidine groups is 1. The third kappa shape index (κ3) is 3.68. The molecule has 168 valence electrons. The standard InChI is InChI=1S/C24H34N4O3/c1-6-24(7-2)12-18(29)28(22(25)27-24)13-16-14(3)19(16)21(30)26-20-15-10-8-9-11-17(15)31-23(20,4)5/h8-11,14,16,19-20H,6-7,12-13H2,1-5H3,(H2,25,27)(H,26,30). The molecule has 7 nitrogen and oxygen atoms in total. The number of nitrogens with two attached hydrogens (primary N) is 1. The number of nitrogens with zero attached hydrogens (tertiary/aromatic N) is 2. The summed E-state index contributed by atoms with van der Waals surface area (Å²) in [5.41, 5.74) is 6.30. The third-order valence-electron chi connectivity index (χ3n) is 7.57. The molecule has 7 heteroatoms. The molecule has 4 atom stereocenters. The van der Waals surface area contributed by atoms with Crippen molar-refractivity contribution in [3.63, 3.8) is 0 Å². The summed E-state index contributed by atoms with van der Waals surface area (Å²) in [5, 5.41) is 3.21. The zero-order chi connectivity index (χ0) is 22.6. The normalized spacial score (nSPS) is 30.3. The molecule has 0 spiro atoms. The first-order valence-corrected chi connectivity index (χ1v) is 11.4. The zero-order valence-corrected chi connectivity index (χ0v) is 19.1. The van der Waals surface area contributed by atoms with Gasteiger partial charge in [-0.3, -0.25) is 14.5 Å². The van der Waals surface area contributed by atoms with Gasteiger partial charge in [0.15, 0.2) is 5.96 Å². The minimum absolute atomic E-state index is 0.00677. The van der Waals surface area contributed by atoms with Crippen molar-refractivity contribution in [2.24, 2.45) is 28.5 Å². The van der Waals surface area contributed by atoms with Crippen molar-refractivity contribution in [1.29, 1.82) is 0 Å². The van der Waals surface area contributed by atoms with Gasteiger partial charge < -0.3 is 15.8 Å². The van der Waals surface area contributed by atoms with E-state index in [2.05, 4.69) is 17.2 Å². The number of ether oxygens (including phenoxy) is 1. The molecule has 1 aromatic rings. The summed E-state index contributed by atoms with van der Waals surface area (Å²) in [6.07, 6.45) is 1.95. The molecular weight excluding hydrogens is 392 g/mol. The Labute approximate surface area is 184 Å². The summed E-state index contributed by atoms with van der Waals surface area (Å²) >= 11 is 0. The second-order valence-electron chi connectivity index (χ2n) is 9.82. The average molecular weight is 427 g/mol. The third-order valence-corrected chi connectivity index (χ3v) is 7.57. The topological polar surface area (TPSA) is 97.0 Å². The minimum atomic E-state index is -0.517. The van der Waals surface area contributed by atoms with Crippen molar-refractivity contribution < 1.29 is 14.3 Å².